The molecule has 0 aliphatic carbocycles. The van der Waals surface area contributed by atoms with E-state index < -0.39 is 17.9 Å². The van der Waals surface area contributed by atoms with Gasteiger partial charge in [-0.2, -0.15) is 0 Å². The number of amides is 1. The molecule has 0 spiro atoms. The summed E-state index contributed by atoms with van der Waals surface area (Å²) in [6, 6.07) is 11.0. The number of pyridine rings is 1. The normalized spacial score (nSPS) is 15.8. The second-order valence-electron chi connectivity index (χ2n) is 7.92. The Morgan fingerprint density at radius 2 is 1.87 bits per heavy atom. The molecule has 0 radical (unpaired) electrons. The van der Waals surface area contributed by atoms with Gasteiger partial charge in [0.25, 0.3) is 12.3 Å². The number of hydrogen-bond donors (Lipinski definition) is 2. The van der Waals surface area contributed by atoms with Crippen molar-refractivity contribution in [1.82, 2.24) is 4.98 Å². The van der Waals surface area contributed by atoms with Crippen LogP contribution in [0.15, 0.2) is 59.3 Å². The van der Waals surface area contributed by atoms with Gasteiger partial charge in [0.2, 0.25) is 0 Å². The number of benzene rings is 1. The van der Waals surface area contributed by atoms with E-state index in [1.807, 2.05) is 4.90 Å². The molecule has 0 atom stereocenters. The molecular weight excluding hydrogens is 404 g/mol. The highest BCUT2D eigenvalue weighted by molar-refractivity contribution is 6.04. The maximum absolute atomic E-state index is 13.3. The van der Waals surface area contributed by atoms with Crippen molar-refractivity contribution in [2.45, 2.75) is 31.8 Å². The average Bonchev–Trinajstić information content (AvgIpc) is 3.25. The fraction of sp³-hybridized carbons (Fsp3) is 0.304. The van der Waals surface area contributed by atoms with E-state index in [1.54, 1.807) is 49.6 Å². The van der Waals surface area contributed by atoms with E-state index in [4.69, 9.17) is 4.42 Å². The molecule has 3 aromatic rings. The number of piperidine rings is 1. The number of furan rings is 1. The molecule has 31 heavy (non-hydrogen) atoms. The molecule has 1 aromatic carbocycles. The Morgan fingerprint density at radius 3 is 2.55 bits per heavy atom. The first-order valence-corrected chi connectivity index (χ1v) is 10.0. The number of halogens is 2. The predicted molar refractivity (Wildman–Crippen MR) is 113 cm³/mol. The lowest BCUT2D eigenvalue weighted by atomic mass is 9.93. The highest BCUT2D eigenvalue weighted by Gasteiger charge is 2.29. The zero-order valence-electron chi connectivity index (χ0n) is 17.0. The summed E-state index contributed by atoms with van der Waals surface area (Å²) in [5.41, 5.74) is 0.760. The Hall–Kier alpha value is -3.26. The number of aliphatic hydroxyl groups is 1. The Balaban J connectivity index is 1.58. The van der Waals surface area contributed by atoms with Gasteiger partial charge in [0.1, 0.15) is 5.76 Å². The van der Waals surface area contributed by atoms with Crippen molar-refractivity contribution in [2.75, 3.05) is 23.3 Å². The van der Waals surface area contributed by atoms with Crippen LogP contribution in [0.4, 0.5) is 20.2 Å². The van der Waals surface area contributed by atoms with Crippen molar-refractivity contribution in [3.05, 3.63) is 66.2 Å². The molecule has 1 amide bonds. The van der Waals surface area contributed by atoms with Gasteiger partial charge < -0.3 is 19.7 Å². The Bertz CT molecular complexity index is 1060. The molecule has 1 aliphatic heterocycles. The minimum Gasteiger partial charge on any atom is -0.451 e. The summed E-state index contributed by atoms with van der Waals surface area (Å²) in [6.45, 7) is 2.89. The van der Waals surface area contributed by atoms with Gasteiger partial charge in [-0.05, 0) is 56.2 Å². The molecule has 0 unspecified atom stereocenters. The van der Waals surface area contributed by atoms with Gasteiger partial charge in [0.15, 0.2) is 5.76 Å². The molecule has 6 nitrogen and oxygen atoms in total. The second kappa shape index (κ2) is 8.47. The molecule has 162 valence electrons. The van der Waals surface area contributed by atoms with Crippen LogP contribution in [0.25, 0.3) is 11.3 Å². The van der Waals surface area contributed by atoms with Crippen LogP contribution >= 0.6 is 0 Å². The number of rotatable bonds is 5. The van der Waals surface area contributed by atoms with E-state index in [0.717, 1.165) is 5.56 Å². The third kappa shape index (κ3) is 4.74. The molecule has 0 bridgehead atoms. The molecule has 2 aromatic heterocycles. The van der Waals surface area contributed by atoms with Crippen molar-refractivity contribution >= 4 is 17.3 Å². The maximum atomic E-state index is 13.3. The van der Waals surface area contributed by atoms with Crippen molar-refractivity contribution in [1.29, 1.82) is 0 Å². The van der Waals surface area contributed by atoms with Crippen LogP contribution in [0.3, 0.4) is 0 Å². The van der Waals surface area contributed by atoms with Gasteiger partial charge in [-0.3, -0.25) is 9.78 Å². The highest BCUT2D eigenvalue weighted by Crippen LogP contribution is 2.35. The first kappa shape index (κ1) is 21.0. The van der Waals surface area contributed by atoms with Gasteiger partial charge in [-0.25, -0.2) is 8.78 Å². The van der Waals surface area contributed by atoms with Gasteiger partial charge in [0, 0.05) is 36.6 Å². The van der Waals surface area contributed by atoms with E-state index in [2.05, 4.69) is 10.3 Å². The standard InChI is InChI=1S/C23H23F2N3O3/c1-23(30)8-12-28(13-9-23)18-3-2-16(21(24)25)14-17(18)27-22(29)20-5-4-19(31-20)15-6-10-26-11-7-15/h2-7,10-11,14,21,30H,8-9,12-13H2,1H3,(H,27,29). The first-order valence-electron chi connectivity index (χ1n) is 10.0. The lowest BCUT2D eigenvalue weighted by Crippen LogP contribution is -2.42. The molecule has 1 fully saturated rings. The number of carbonyl (C=O) groups is 1. The fourth-order valence-corrected chi connectivity index (χ4v) is 3.61. The number of alkyl halides is 2. The fourth-order valence-electron chi connectivity index (χ4n) is 3.61. The summed E-state index contributed by atoms with van der Waals surface area (Å²) < 4.78 is 32.2. The molecule has 4 rings (SSSR count). The lowest BCUT2D eigenvalue weighted by molar-refractivity contribution is 0.0351. The van der Waals surface area contributed by atoms with Crippen LogP contribution in [0, 0.1) is 0 Å². The van der Waals surface area contributed by atoms with E-state index >= 15 is 0 Å². The molecule has 2 N–H and O–H groups in total. The SMILES string of the molecule is CC1(O)CCN(c2ccc(C(F)F)cc2NC(=O)c2ccc(-c3ccncc3)o2)CC1. The monoisotopic (exact) mass is 427 g/mol. The van der Waals surface area contributed by atoms with Gasteiger partial charge in [-0.15, -0.1) is 0 Å². The second-order valence-corrected chi connectivity index (χ2v) is 7.92. The van der Waals surface area contributed by atoms with Crippen LogP contribution < -0.4 is 10.2 Å². The summed E-state index contributed by atoms with van der Waals surface area (Å²) >= 11 is 0. The van der Waals surface area contributed by atoms with E-state index in [0.29, 0.717) is 37.4 Å². The minimum absolute atomic E-state index is 0.0711. The third-order valence-electron chi connectivity index (χ3n) is 5.50. The van der Waals surface area contributed by atoms with Crippen molar-refractivity contribution < 1.29 is 23.1 Å². The van der Waals surface area contributed by atoms with Crippen molar-refractivity contribution in [3.63, 3.8) is 0 Å². The molecule has 8 heteroatoms. The van der Waals surface area contributed by atoms with Crippen LogP contribution in [0.5, 0.6) is 0 Å². The van der Waals surface area contributed by atoms with E-state index in [1.165, 1.54) is 12.1 Å². The van der Waals surface area contributed by atoms with Gasteiger partial charge >= 0.3 is 0 Å². The van der Waals surface area contributed by atoms with E-state index in [-0.39, 0.29) is 17.0 Å². The summed E-state index contributed by atoms with van der Waals surface area (Å²) in [5.74, 6) is 0.0473. The number of carbonyl (C=O) groups excluding carboxylic acids is 1. The highest BCUT2D eigenvalue weighted by atomic mass is 19.3. The van der Waals surface area contributed by atoms with E-state index in [9.17, 15) is 18.7 Å². The topological polar surface area (TPSA) is 78.6 Å². The molecule has 3 heterocycles. The minimum atomic E-state index is -2.66. The summed E-state index contributed by atoms with van der Waals surface area (Å²) in [6.07, 6.45) is 1.68. The van der Waals surface area contributed by atoms with Crippen LogP contribution in [0.2, 0.25) is 0 Å². The summed E-state index contributed by atoms with van der Waals surface area (Å²) in [7, 11) is 0. The largest absolute Gasteiger partial charge is 0.451 e. The number of nitrogens with one attached hydrogen (secondary N) is 1. The van der Waals surface area contributed by atoms with Gasteiger partial charge in [0.05, 0.1) is 17.0 Å². The molecule has 1 saturated heterocycles. The number of hydrogen-bond acceptors (Lipinski definition) is 5. The van der Waals surface area contributed by atoms with Gasteiger partial charge in [-0.1, -0.05) is 6.07 Å². The number of nitrogens with zero attached hydrogens (tertiary/aromatic N) is 2. The quantitative estimate of drug-likeness (QED) is 0.607. The molecular formula is C23H23F2N3O3. The van der Waals surface area contributed by atoms with Crippen LogP contribution in [-0.4, -0.2) is 34.7 Å². The predicted octanol–water partition coefficient (Wildman–Crippen LogP) is 4.88. The van der Waals surface area contributed by atoms with Crippen LogP contribution in [-0.2, 0) is 0 Å². The number of aromatic nitrogens is 1. The zero-order chi connectivity index (χ0) is 22.0. The Morgan fingerprint density at radius 1 is 1.16 bits per heavy atom. The lowest BCUT2D eigenvalue weighted by Gasteiger charge is -2.38. The molecule has 1 aliphatic rings. The van der Waals surface area contributed by atoms with Crippen molar-refractivity contribution in [2.24, 2.45) is 0 Å². The maximum Gasteiger partial charge on any atom is 0.291 e. The summed E-state index contributed by atoms with van der Waals surface area (Å²) in [4.78, 5) is 18.7. The summed E-state index contributed by atoms with van der Waals surface area (Å²) in [5, 5.41) is 12.9. The first-order chi connectivity index (χ1) is 14.8. The smallest absolute Gasteiger partial charge is 0.291 e. The Kier molecular flexibility index (Phi) is 5.73. The third-order valence-corrected chi connectivity index (χ3v) is 5.50. The average molecular weight is 427 g/mol. The molecule has 0 saturated carbocycles. The zero-order valence-corrected chi connectivity index (χ0v) is 17.0. The van der Waals surface area contributed by atoms with Crippen LogP contribution in [0.1, 0.15) is 42.3 Å². The Labute approximate surface area is 178 Å². The number of anilines is 2. The van der Waals surface area contributed by atoms with Crippen molar-refractivity contribution in [3.8, 4) is 11.3 Å².